The van der Waals surface area contributed by atoms with Crippen LogP contribution in [0.4, 0.5) is 0 Å². The molecule has 0 heterocycles. The maximum atomic E-state index is 13.1. The number of benzene rings is 2. The number of aryl methyl sites for hydroxylation is 2. The monoisotopic (exact) mass is 474 g/mol. The van der Waals surface area contributed by atoms with E-state index in [1.54, 1.807) is 11.8 Å². The number of ether oxygens (including phenoxy) is 1. The Hall–Kier alpha value is -2.34. The summed E-state index contributed by atoms with van der Waals surface area (Å²) in [5, 5.41) is 2.96. The lowest BCUT2D eigenvalue weighted by molar-refractivity contribution is -0.142. The van der Waals surface area contributed by atoms with E-state index < -0.39 is 6.04 Å². The fourth-order valence-corrected chi connectivity index (χ4v) is 3.37. The predicted octanol–water partition coefficient (Wildman–Crippen LogP) is 4.78. The zero-order valence-corrected chi connectivity index (χ0v) is 20.2. The number of carbonyl (C=O) groups is 2. The molecule has 30 heavy (non-hydrogen) atoms. The second-order valence-corrected chi connectivity index (χ2v) is 9.52. The number of rotatable bonds is 7. The van der Waals surface area contributed by atoms with E-state index in [9.17, 15) is 9.59 Å². The molecule has 2 amide bonds. The molecule has 2 aromatic carbocycles. The minimum atomic E-state index is -0.640. The van der Waals surface area contributed by atoms with Gasteiger partial charge < -0.3 is 15.0 Å². The second kappa shape index (κ2) is 10.1. The summed E-state index contributed by atoms with van der Waals surface area (Å²) in [6, 6.07) is 12.8. The number of hydrogen-bond donors (Lipinski definition) is 1. The molecule has 6 heteroatoms. The van der Waals surface area contributed by atoms with Crippen LogP contribution in [0.1, 0.15) is 44.4 Å². The molecule has 0 radical (unpaired) electrons. The Morgan fingerprint density at radius 2 is 1.80 bits per heavy atom. The first-order chi connectivity index (χ1) is 14.0. The van der Waals surface area contributed by atoms with Gasteiger partial charge in [-0.25, -0.2) is 0 Å². The van der Waals surface area contributed by atoms with E-state index in [2.05, 4.69) is 21.2 Å². The molecule has 1 N–H and O–H groups in total. The first-order valence-corrected chi connectivity index (χ1v) is 10.8. The number of amides is 2. The van der Waals surface area contributed by atoms with Gasteiger partial charge in [0.25, 0.3) is 5.91 Å². The van der Waals surface area contributed by atoms with Crippen molar-refractivity contribution in [3.8, 4) is 5.75 Å². The summed E-state index contributed by atoms with van der Waals surface area (Å²) in [7, 11) is 0. The molecule has 5 nitrogen and oxygen atoms in total. The Kier molecular flexibility index (Phi) is 8.07. The third-order valence-corrected chi connectivity index (χ3v) is 5.24. The van der Waals surface area contributed by atoms with Gasteiger partial charge in [-0.2, -0.15) is 0 Å². The third-order valence-electron chi connectivity index (χ3n) is 4.75. The maximum Gasteiger partial charge on any atom is 0.261 e. The maximum absolute atomic E-state index is 13.1. The highest BCUT2D eigenvalue weighted by atomic mass is 79.9. The van der Waals surface area contributed by atoms with Gasteiger partial charge >= 0.3 is 0 Å². The summed E-state index contributed by atoms with van der Waals surface area (Å²) in [6.07, 6.45) is 0. The van der Waals surface area contributed by atoms with E-state index >= 15 is 0 Å². The van der Waals surface area contributed by atoms with Gasteiger partial charge in [-0.05, 0) is 82.5 Å². The highest BCUT2D eigenvalue weighted by molar-refractivity contribution is 9.10. The molecule has 0 aliphatic rings. The normalized spacial score (nSPS) is 12.2. The Balaban J connectivity index is 2.18. The van der Waals surface area contributed by atoms with Gasteiger partial charge in [0.1, 0.15) is 11.8 Å². The van der Waals surface area contributed by atoms with Crippen molar-refractivity contribution in [3.05, 3.63) is 63.6 Å². The molecule has 0 aromatic heterocycles. The fraction of sp³-hybridized carbons (Fsp3) is 0.417. The molecule has 0 saturated carbocycles. The summed E-state index contributed by atoms with van der Waals surface area (Å²) in [5.41, 5.74) is 2.81. The van der Waals surface area contributed by atoms with Crippen molar-refractivity contribution in [2.45, 2.75) is 59.7 Å². The van der Waals surface area contributed by atoms with Crippen molar-refractivity contribution in [1.82, 2.24) is 10.2 Å². The average molecular weight is 475 g/mol. The minimum absolute atomic E-state index is 0.135. The van der Waals surface area contributed by atoms with Gasteiger partial charge in [0.15, 0.2) is 6.61 Å². The van der Waals surface area contributed by atoms with E-state index in [4.69, 9.17) is 4.74 Å². The number of carbonyl (C=O) groups excluding carboxylic acids is 2. The van der Waals surface area contributed by atoms with Crippen LogP contribution in [-0.4, -0.2) is 34.9 Å². The Bertz CT molecular complexity index is 906. The van der Waals surface area contributed by atoms with Gasteiger partial charge in [-0.15, -0.1) is 0 Å². The predicted molar refractivity (Wildman–Crippen MR) is 123 cm³/mol. The lowest BCUT2D eigenvalue weighted by atomic mass is 10.1. The van der Waals surface area contributed by atoms with E-state index in [0.29, 0.717) is 12.3 Å². The SMILES string of the molecule is Cc1ccc(OCC(=O)N(Cc2cccc(Br)c2)[C@H](C)C(=O)NC(C)(C)C)cc1C. The van der Waals surface area contributed by atoms with Crippen LogP contribution in [0, 0.1) is 13.8 Å². The molecule has 1 atom stereocenters. The first kappa shape index (κ1) is 23.9. The average Bonchev–Trinajstić information content (AvgIpc) is 2.65. The lowest BCUT2D eigenvalue weighted by Gasteiger charge is -2.31. The zero-order valence-electron chi connectivity index (χ0n) is 18.6. The molecule has 0 bridgehead atoms. The van der Waals surface area contributed by atoms with Crippen LogP contribution >= 0.6 is 15.9 Å². The van der Waals surface area contributed by atoms with Crippen LogP contribution in [0.5, 0.6) is 5.75 Å². The number of nitrogens with one attached hydrogen (secondary N) is 1. The molecular weight excluding hydrogens is 444 g/mol. The summed E-state index contributed by atoms with van der Waals surface area (Å²) in [4.78, 5) is 27.4. The van der Waals surface area contributed by atoms with Crippen molar-refractivity contribution in [2.75, 3.05) is 6.61 Å². The van der Waals surface area contributed by atoms with Crippen LogP contribution < -0.4 is 10.1 Å². The van der Waals surface area contributed by atoms with Crippen molar-refractivity contribution in [3.63, 3.8) is 0 Å². The third kappa shape index (κ3) is 7.17. The summed E-state index contributed by atoms with van der Waals surface area (Å²) >= 11 is 3.46. The standard InChI is InChI=1S/C24H31BrN2O3/c1-16-10-11-21(12-17(16)2)30-15-22(28)27(14-19-8-7-9-20(25)13-19)18(3)23(29)26-24(4,5)6/h7-13,18H,14-15H2,1-6H3,(H,26,29)/t18-/m1/s1. The van der Waals surface area contributed by atoms with Crippen molar-refractivity contribution in [1.29, 1.82) is 0 Å². The van der Waals surface area contributed by atoms with E-state index in [1.807, 2.05) is 77.1 Å². The summed E-state index contributed by atoms with van der Waals surface area (Å²) in [6.45, 7) is 11.7. The largest absolute Gasteiger partial charge is 0.484 e. The number of nitrogens with zero attached hydrogens (tertiary/aromatic N) is 1. The van der Waals surface area contributed by atoms with Gasteiger partial charge in [0.05, 0.1) is 0 Å². The lowest BCUT2D eigenvalue weighted by Crippen LogP contribution is -2.53. The highest BCUT2D eigenvalue weighted by Gasteiger charge is 2.28. The van der Waals surface area contributed by atoms with E-state index in [1.165, 1.54) is 0 Å². The number of halogens is 1. The van der Waals surface area contributed by atoms with Crippen molar-refractivity contribution >= 4 is 27.7 Å². The van der Waals surface area contributed by atoms with Gasteiger partial charge in [-0.3, -0.25) is 9.59 Å². The Morgan fingerprint density at radius 1 is 1.10 bits per heavy atom. The quantitative estimate of drug-likeness (QED) is 0.628. The molecular formula is C24H31BrN2O3. The van der Waals surface area contributed by atoms with Crippen LogP contribution in [-0.2, 0) is 16.1 Å². The van der Waals surface area contributed by atoms with Crippen LogP contribution in [0.15, 0.2) is 46.9 Å². The molecule has 0 aliphatic carbocycles. The number of hydrogen-bond acceptors (Lipinski definition) is 3. The van der Waals surface area contributed by atoms with Crippen LogP contribution in [0.3, 0.4) is 0 Å². The molecule has 2 rings (SSSR count). The van der Waals surface area contributed by atoms with Gasteiger partial charge in [-0.1, -0.05) is 34.1 Å². The Morgan fingerprint density at radius 3 is 2.40 bits per heavy atom. The van der Waals surface area contributed by atoms with E-state index in [-0.39, 0.29) is 24.0 Å². The molecule has 0 saturated heterocycles. The molecule has 0 spiro atoms. The fourth-order valence-electron chi connectivity index (χ4n) is 2.92. The van der Waals surface area contributed by atoms with E-state index in [0.717, 1.165) is 21.2 Å². The molecule has 0 fully saturated rings. The topological polar surface area (TPSA) is 58.6 Å². The minimum Gasteiger partial charge on any atom is -0.484 e. The zero-order chi connectivity index (χ0) is 22.5. The van der Waals surface area contributed by atoms with Crippen molar-refractivity contribution in [2.24, 2.45) is 0 Å². The Labute approximate surface area is 187 Å². The smallest absolute Gasteiger partial charge is 0.261 e. The first-order valence-electron chi connectivity index (χ1n) is 10.0. The molecule has 162 valence electrons. The second-order valence-electron chi connectivity index (χ2n) is 8.60. The van der Waals surface area contributed by atoms with Crippen LogP contribution in [0.25, 0.3) is 0 Å². The van der Waals surface area contributed by atoms with Gasteiger partial charge in [0, 0.05) is 16.6 Å². The molecule has 2 aromatic rings. The summed E-state index contributed by atoms with van der Waals surface area (Å²) in [5.74, 6) is 0.197. The van der Waals surface area contributed by atoms with Gasteiger partial charge in [0.2, 0.25) is 5.91 Å². The highest BCUT2D eigenvalue weighted by Crippen LogP contribution is 2.18. The molecule has 0 unspecified atom stereocenters. The summed E-state index contributed by atoms with van der Waals surface area (Å²) < 4.78 is 6.67. The molecule has 0 aliphatic heterocycles. The van der Waals surface area contributed by atoms with Crippen LogP contribution in [0.2, 0.25) is 0 Å². The van der Waals surface area contributed by atoms with Crippen molar-refractivity contribution < 1.29 is 14.3 Å².